The number of hydroxylamine groups is 2. The second-order valence-electron chi connectivity index (χ2n) is 9.02. The summed E-state index contributed by atoms with van der Waals surface area (Å²) in [5, 5.41) is 10.6. The zero-order chi connectivity index (χ0) is 24.2. The van der Waals surface area contributed by atoms with Gasteiger partial charge in [0, 0.05) is 18.8 Å². The Labute approximate surface area is 194 Å². The average Bonchev–Trinajstić information content (AvgIpc) is 3.10. The van der Waals surface area contributed by atoms with Crippen molar-refractivity contribution in [2.24, 2.45) is 0 Å². The van der Waals surface area contributed by atoms with Crippen LogP contribution in [0.5, 0.6) is 0 Å². The molecular formula is C24H33N5O4. The molecule has 0 spiro atoms. The third-order valence-electron chi connectivity index (χ3n) is 4.87. The molecule has 0 saturated heterocycles. The largest absolute Gasteiger partial charge is 0.442 e. The van der Waals surface area contributed by atoms with Crippen molar-refractivity contribution in [1.29, 1.82) is 0 Å². The molecule has 2 heterocycles. The number of ether oxygens (including phenoxy) is 1. The number of benzene rings is 1. The lowest BCUT2D eigenvalue weighted by Gasteiger charge is -2.30. The number of nitrogens with zero attached hydrogens (tertiary/aromatic N) is 2. The molecular weight excluding hydrogens is 422 g/mol. The molecule has 9 nitrogen and oxygen atoms in total. The normalized spacial score (nSPS) is 13.7. The van der Waals surface area contributed by atoms with Crippen molar-refractivity contribution in [2.75, 3.05) is 23.8 Å². The molecule has 0 radical (unpaired) electrons. The maximum absolute atomic E-state index is 12.6. The third kappa shape index (κ3) is 6.35. The summed E-state index contributed by atoms with van der Waals surface area (Å²) < 4.78 is 5.46. The van der Waals surface area contributed by atoms with E-state index in [0.29, 0.717) is 36.9 Å². The summed E-state index contributed by atoms with van der Waals surface area (Å²) in [6.45, 7) is 12.2. The Balaban J connectivity index is 1.78. The number of nitrogens with one attached hydrogen (secondary N) is 3. The van der Waals surface area contributed by atoms with Crippen LogP contribution in [0.15, 0.2) is 30.3 Å². The summed E-state index contributed by atoms with van der Waals surface area (Å²) in [5.41, 5.74) is 2.72. The van der Waals surface area contributed by atoms with Gasteiger partial charge in [-0.1, -0.05) is 12.1 Å². The van der Waals surface area contributed by atoms with Crippen molar-refractivity contribution in [3.05, 3.63) is 47.0 Å². The van der Waals surface area contributed by atoms with Crippen LogP contribution in [0.25, 0.3) is 0 Å². The van der Waals surface area contributed by atoms with Gasteiger partial charge in [0.2, 0.25) is 0 Å². The van der Waals surface area contributed by atoms with Gasteiger partial charge in [0.25, 0.3) is 5.91 Å². The Morgan fingerprint density at radius 3 is 2.73 bits per heavy atom. The van der Waals surface area contributed by atoms with Crippen LogP contribution in [-0.4, -0.2) is 46.8 Å². The molecule has 2 amide bonds. The Morgan fingerprint density at radius 2 is 2.06 bits per heavy atom. The summed E-state index contributed by atoms with van der Waals surface area (Å²) in [6.07, 6.45) is -0.544. The summed E-state index contributed by atoms with van der Waals surface area (Å²) in [5.74, 6) is 0.921. The van der Waals surface area contributed by atoms with Crippen LogP contribution in [0.3, 0.4) is 0 Å². The monoisotopic (exact) mass is 455 g/mol. The van der Waals surface area contributed by atoms with Gasteiger partial charge in [-0.3, -0.25) is 9.63 Å². The fourth-order valence-electron chi connectivity index (χ4n) is 3.44. The number of amides is 2. The van der Waals surface area contributed by atoms with Crippen molar-refractivity contribution in [2.45, 2.75) is 59.7 Å². The Hall–Kier alpha value is -3.33. The van der Waals surface area contributed by atoms with Gasteiger partial charge in [0.1, 0.15) is 17.2 Å². The van der Waals surface area contributed by atoms with Crippen LogP contribution in [0.4, 0.5) is 22.1 Å². The lowest BCUT2D eigenvalue weighted by molar-refractivity contribution is -0.161. The quantitative estimate of drug-likeness (QED) is 0.508. The van der Waals surface area contributed by atoms with Gasteiger partial charge in [-0.15, -0.1) is 0 Å². The molecule has 9 heteroatoms. The number of rotatable bonds is 8. The number of anilines is 3. The van der Waals surface area contributed by atoms with E-state index in [0.717, 1.165) is 16.8 Å². The van der Waals surface area contributed by atoms with Gasteiger partial charge in [-0.25, -0.2) is 9.78 Å². The maximum atomic E-state index is 12.6. The zero-order valence-corrected chi connectivity index (χ0v) is 20.1. The van der Waals surface area contributed by atoms with Crippen LogP contribution < -0.4 is 16.0 Å². The molecule has 3 N–H and O–H groups in total. The molecule has 0 bridgehead atoms. The van der Waals surface area contributed by atoms with Crippen LogP contribution in [0.2, 0.25) is 0 Å². The Morgan fingerprint density at radius 1 is 1.30 bits per heavy atom. The highest BCUT2D eigenvalue weighted by Gasteiger charge is 2.28. The minimum Gasteiger partial charge on any atom is -0.442 e. The first kappa shape index (κ1) is 24.3. The highest BCUT2D eigenvalue weighted by atomic mass is 16.7. The summed E-state index contributed by atoms with van der Waals surface area (Å²) >= 11 is 0. The number of fused-ring (bicyclic) bond motifs is 1. The van der Waals surface area contributed by atoms with Crippen molar-refractivity contribution >= 4 is 29.3 Å². The standard InChI is InChI=1S/C24H33N5O4/c1-7-32-29(23(31)33-24(4,5)6)16(3)13-25-19-12-17-14-26-22(30)20(17)21(28-19)27-18-10-8-9-15(2)11-18/h8-12,16H,7,13-14H2,1-6H3,(H,26,30)(H2,25,27,28)/t16-/m1/s1. The van der Waals surface area contributed by atoms with E-state index in [1.165, 1.54) is 5.06 Å². The molecule has 1 aromatic heterocycles. The summed E-state index contributed by atoms with van der Waals surface area (Å²) in [4.78, 5) is 35.1. The first-order valence-electron chi connectivity index (χ1n) is 11.1. The van der Waals surface area contributed by atoms with Gasteiger partial charge in [-0.2, -0.15) is 5.06 Å². The minimum absolute atomic E-state index is 0.153. The van der Waals surface area contributed by atoms with E-state index in [2.05, 4.69) is 20.9 Å². The second-order valence-corrected chi connectivity index (χ2v) is 9.02. The van der Waals surface area contributed by atoms with Crippen LogP contribution in [-0.2, 0) is 16.1 Å². The van der Waals surface area contributed by atoms with E-state index in [-0.39, 0.29) is 11.9 Å². The Bertz CT molecular complexity index is 1020. The number of hydrogen-bond donors (Lipinski definition) is 3. The van der Waals surface area contributed by atoms with E-state index in [1.54, 1.807) is 0 Å². The molecule has 1 aromatic carbocycles. The van der Waals surface area contributed by atoms with Gasteiger partial charge >= 0.3 is 6.09 Å². The molecule has 0 unspecified atom stereocenters. The maximum Gasteiger partial charge on any atom is 0.434 e. The zero-order valence-electron chi connectivity index (χ0n) is 20.1. The first-order chi connectivity index (χ1) is 15.6. The van der Waals surface area contributed by atoms with Crippen molar-refractivity contribution in [3.63, 3.8) is 0 Å². The minimum atomic E-state index is -0.628. The number of carbonyl (C=O) groups is 2. The fourth-order valence-corrected chi connectivity index (χ4v) is 3.44. The smallest absolute Gasteiger partial charge is 0.434 e. The predicted octanol–water partition coefficient (Wildman–Crippen LogP) is 4.37. The number of carbonyl (C=O) groups excluding carboxylic acids is 2. The SMILES string of the molecule is CCON(C(=O)OC(C)(C)C)[C@H](C)CNc1cc2c(c(Nc3cccc(C)c3)n1)C(=O)NC2. The Kier molecular flexibility index (Phi) is 7.43. The lowest BCUT2D eigenvalue weighted by Crippen LogP contribution is -2.45. The molecule has 1 aliphatic heterocycles. The van der Waals surface area contributed by atoms with E-state index in [9.17, 15) is 9.59 Å². The third-order valence-corrected chi connectivity index (χ3v) is 4.87. The van der Waals surface area contributed by atoms with Gasteiger partial charge in [-0.05, 0) is 70.9 Å². The molecule has 1 atom stereocenters. The molecule has 33 heavy (non-hydrogen) atoms. The number of aromatic nitrogens is 1. The van der Waals surface area contributed by atoms with Crippen LogP contribution in [0.1, 0.15) is 56.1 Å². The van der Waals surface area contributed by atoms with E-state index < -0.39 is 11.7 Å². The van der Waals surface area contributed by atoms with Crippen LogP contribution >= 0.6 is 0 Å². The summed E-state index contributed by atoms with van der Waals surface area (Å²) in [6, 6.07) is 9.38. The fraction of sp³-hybridized carbons (Fsp3) is 0.458. The lowest BCUT2D eigenvalue weighted by atomic mass is 10.1. The van der Waals surface area contributed by atoms with E-state index >= 15 is 0 Å². The number of pyridine rings is 1. The second kappa shape index (κ2) is 10.1. The van der Waals surface area contributed by atoms with E-state index in [1.807, 2.05) is 71.9 Å². The van der Waals surface area contributed by atoms with Gasteiger partial charge in [0.15, 0.2) is 0 Å². The molecule has 2 aromatic rings. The van der Waals surface area contributed by atoms with Gasteiger partial charge in [0.05, 0.1) is 18.2 Å². The topological polar surface area (TPSA) is 105 Å². The van der Waals surface area contributed by atoms with Crippen molar-refractivity contribution in [3.8, 4) is 0 Å². The number of hydrogen-bond acceptors (Lipinski definition) is 7. The molecule has 178 valence electrons. The molecule has 0 fully saturated rings. The number of aryl methyl sites for hydroxylation is 1. The highest BCUT2D eigenvalue weighted by molar-refractivity contribution is 6.03. The van der Waals surface area contributed by atoms with E-state index in [4.69, 9.17) is 9.57 Å². The van der Waals surface area contributed by atoms with Crippen molar-refractivity contribution in [1.82, 2.24) is 15.4 Å². The van der Waals surface area contributed by atoms with Crippen LogP contribution in [0, 0.1) is 6.92 Å². The van der Waals surface area contributed by atoms with Crippen molar-refractivity contribution < 1.29 is 19.2 Å². The molecule has 3 rings (SSSR count). The van der Waals surface area contributed by atoms with Gasteiger partial charge < -0.3 is 20.7 Å². The first-order valence-corrected chi connectivity index (χ1v) is 11.1. The highest BCUT2D eigenvalue weighted by Crippen LogP contribution is 2.28. The molecule has 1 aliphatic rings. The average molecular weight is 456 g/mol. The molecule has 0 saturated carbocycles. The molecule has 0 aliphatic carbocycles. The summed E-state index contributed by atoms with van der Waals surface area (Å²) in [7, 11) is 0. The predicted molar refractivity (Wildman–Crippen MR) is 128 cm³/mol.